The number of hydrogen-bond donors (Lipinski definition) is 1. The van der Waals surface area contributed by atoms with Crippen molar-refractivity contribution in [1.82, 2.24) is 4.98 Å². The summed E-state index contributed by atoms with van der Waals surface area (Å²) in [4.78, 5) is 6.62. The third-order valence-corrected chi connectivity index (χ3v) is 3.81. The van der Waals surface area contributed by atoms with Crippen molar-refractivity contribution in [2.75, 3.05) is 18.1 Å². The highest BCUT2D eigenvalue weighted by atomic mass is 35.5. The Balaban J connectivity index is 2.13. The Kier molecular flexibility index (Phi) is 3.10. The Hall–Kier alpha value is -1.32. The summed E-state index contributed by atoms with van der Waals surface area (Å²) >= 11 is 6.07. The maximum Gasteiger partial charge on any atom is 0.0723 e. The number of benzene rings is 1. The Bertz CT molecular complexity index is 573. The van der Waals surface area contributed by atoms with Crippen LogP contribution in [0.3, 0.4) is 0 Å². The molecule has 18 heavy (non-hydrogen) atoms. The molecule has 0 unspecified atom stereocenters. The van der Waals surface area contributed by atoms with Crippen LogP contribution in [-0.4, -0.2) is 29.3 Å². The summed E-state index contributed by atoms with van der Waals surface area (Å²) in [5.74, 6) is 0. The molecule has 3 nitrogen and oxygen atoms in total. The fraction of sp³-hybridized carbons (Fsp3) is 0.357. The molecule has 3 rings (SSSR count). The fourth-order valence-electron chi connectivity index (χ4n) is 2.70. The minimum Gasteiger partial charge on any atom is -0.394 e. The molecule has 1 atom stereocenters. The van der Waals surface area contributed by atoms with Crippen LogP contribution in [0.25, 0.3) is 10.9 Å². The van der Waals surface area contributed by atoms with E-state index in [1.54, 1.807) is 0 Å². The molecule has 0 radical (unpaired) electrons. The number of fused-ring (bicyclic) bond motifs is 1. The highest BCUT2D eigenvalue weighted by Gasteiger charge is 2.25. The van der Waals surface area contributed by atoms with Crippen molar-refractivity contribution in [3.8, 4) is 0 Å². The maximum absolute atomic E-state index is 9.44. The molecule has 2 aromatic rings. The van der Waals surface area contributed by atoms with Crippen LogP contribution in [0.1, 0.15) is 12.8 Å². The molecule has 94 valence electrons. The van der Waals surface area contributed by atoms with Crippen molar-refractivity contribution in [2.24, 2.45) is 0 Å². The SMILES string of the molecule is OC[C@H]1CCCN1c1ccnc2ccc(Cl)cc12. The molecule has 1 N–H and O–H groups in total. The van der Waals surface area contributed by atoms with E-state index in [1.165, 1.54) is 0 Å². The first kappa shape index (κ1) is 11.8. The second-order valence-electron chi connectivity index (χ2n) is 4.66. The molecule has 0 spiro atoms. The van der Waals surface area contributed by atoms with Crippen LogP contribution in [0.15, 0.2) is 30.5 Å². The molecular weight excluding hydrogens is 248 g/mol. The second-order valence-corrected chi connectivity index (χ2v) is 5.10. The normalized spacial score (nSPS) is 19.7. The summed E-state index contributed by atoms with van der Waals surface area (Å²) in [6, 6.07) is 7.97. The Labute approximate surface area is 111 Å². The summed E-state index contributed by atoms with van der Waals surface area (Å²) in [5, 5.41) is 11.2. The number of anilines is 1. The lowest BCUT2D eigenvalue weighted by atomic mass is 10.1. The number of nitrogens with zero attached hydrogens (tertiary/aromatic N) is 2. The van der Waals surface area contributed by atoms with E-state index in [2.05, 4.69) is 9.88 Å². The molecule has 0 saturated carbocycles. The zero-order chi connectivity index (χ0) is 12.5. The molecule has 0 amide bonds. The Morgan fingerprint density at radius 2 is 2.28 bits per heavy atom. The van der Waals surface area contributed by atoms with Gasteiger partial charge in [0.25, 0.3) is 0 Å². The lowest BCUT2D eigenvalue weighted by Crippen LogP contribution is -2.32. The van der Waals surface area contributed by atoms with E-state index >= 15 is 0 Å². The predicted molar refractivity (Wildman–Crippen MR) is 74.2 cm³/mol. The van der Waals surface area contributed by atoms with E-state index in [9.17, 15) is 5.11 Å². The van der Waals surface area contributed by atoms with E-state index in [4.69, 9.17) is 11.6 Å². The van der Waals surface area contributed by atoms with Gasteiger partial charge in [-0.25, -0.2) is 0 Å². The van der Waals surface area contributed by atoms with E-state index in [-0.39, 0.29) is 12.6 Å². The van der Waals surface area contributed by atoms with E-state index < -0.39 is 0 Å². The van der Waals surface area contributed by atoms with Crippen molar-refractivity contribution in [1.29, 1.82) is 0 Å². The number of halogens is 1. The first-order valence-electron chi connectivity index (χ1n) is 6.21. The van der Waals surface area contributed by atoms with E-state index in [0.717, 1.165) is 41.0 Å². The minimum absolute atomic E-state index is 0.199. The lowest BCUT2D eigenvalue weighted by Gasteiger charge is -2.26. The maximum atomic E-state index is 9.44. The van der Waals surface area contributed by atoms with Gasteiger partial charge in [-0.1, -0.05) is 11.6 Å². The monoisotopic (exact) mass is 262 g/mol. The van der Waals surface area contributed by atoms with Gasteiger partial charge in [0.1, 0.15) is 0 Å². The average Bonchev–Trinajstić information content (AvgIpc) is 2.86. The molecular formula is C14H15ClN2O. The van der Waals surface area contributed by atoms with Crippen LogP contribution < -0.4 is 4.90 Å². The van der Waals surface area contributed by atoms with E-state index in [0.29, 0.717) is 0 Å². The topological polar surface area (TPSA) is 36.4 Å². The van der Waals surface area contributed by atoms with Gasteiger partial charge in [0.2, 0.25) is 0 Å². The number of pyridine rings is 1. The Morgan fingerprint density at radius 3 is 3.11 bits per heavy atom. The summed E-state index contributed by atoms with van der Waals surface area (Å²) in [7, 11) is 0. The molecule has 1 aromatic carbocycles. The highest BCUT2D eigenvalue weighted by molar-refractivity contribution is 6.31. The predicted octanol–water partition coefficient (Wildman–Crippen LogP) is 2.85. The molecule has 0 bridgehead atoms. The summed E-state index contributed by atoms with van der Waals surface area (Å²) in [5.41, 5.74) is 2.07. The quantitative estimate of drug-likeness (QED) is 0.904. The van der Waals surface area contributed by atoms with Crippen LogP contribution >= 0.6 is 11.6 Å². The number of aromatic nitrogens is 1. The van der Waals surface area contributed by atoms with Gasteiger partial charge in [0.05, 0.1) is 18.2 Å². The van der Waals surface area contributed by atoms with Crippen LogP contribution in [0.4, 0.5) is 5.69 Å². The van der Waals surface area contributed by atoms with Crippen LogP contribution in [0.2, 0.25) is 5.02 Å². The zero-order valence-electron chi connectivity index (χ0n) is 10.0. The van der Waals surface area contributed by atoms with Crippen molar-refractivity contribution < 1.29 is 5.11 Å². The second kappa shape index (κ2) is 4.75. The van der Waals surface area contributed by atoms with Gasteiger partial charge >= 0.3 is 0 Å². The van der Waals surface area contributed by atoms with Crippen molar-refractivity contribution in [3.05, 3.63) is 35.5 Å². The van der Waals surface area contributed by atoms with Crippen molar-refractivity contribution >= 4 is 28.2 Å². The van der Waals surface area contributed by atoms with Gasteiger partial charge in [-0.05, 0) is 37.1 Å². The first-order chi connectivity index (χ1) is 8.79. The molecule has 2 heterocycles. The average molecular weight is 263 g/mol. The number of aliphatic hydroxyl groups excluding tert-OH is 1. The molecule has 1 saturated heterocycles. The van der Waals surface area contributed by atoms with Gasteiger partial charge in [0, 0.05) is 28.8 Å². The highest BCUT2D eigenvalue weighted by Crippen LogP contribution is 2.32. The largest absolute Gasteiger partial charge is 0.394 e. The summed E-state index contributed by atoms with van der Waals surface area (Å²) < 4.78 is 0. The molecule has 0 aliphatic carbocycles. The molecule has 1 aliphatic rings. The lowest BCUT2D eigenvalue weighted by molar-refractivity contribution is 0.266. The third-order valence-electron chi connectivity index (χ3n) is 3.58. The van der Waals surface area contributed by atoms with Gasteiger partial charge < -0.3 is 10.0 Å². The van der Waals surface area contributed by atoms with Crippen LogP contribution in [-0.2, 0) is 0 Å². The van der Waals surface area contributed by atoms with Crippen LogP contribution in [0, 0.1) is 0 Å². The van der Waals surface area contributed by atoms with Gasteiger partial charge in [-0.2, -0.15) is 0 Å². The smallest absolute Gasteiger partial charge is 0.0723 e. The standard InChI is InChI=1S/C14H15ClN2O/c15-10-3-4-13-12(8-10)14(5-6-16-13)17-7-1-2-11(17)9-18/h3-6,8,11,18H,1-2,7,9H2/t11-/m1/s1. The van der Waals surface area contributed by atoms with E-state index in [1.807, 2.05) is 30.5 Å². The summed E-state index contributed by atoms with van der Waals surface area (Å²) in [6.07, 6.45) is 3.98. The fourth-order valence-corrected chi connectivity index (χ4v) is 2.87. The Morgan fingerprint density at radius 1 is 1.39 bits per heavy atom. The van der Waals surface area contributed by atoms with Gasteiger partial charge in [-0.3, -0.25) is 4.98 Å². The minimum atomic E-state index is 0.199. The molecule has 1 fully saturated rings. The molecule has 1 aliphatic heterocycles. The number of hydrogen-bond acceptors (Lipinski definition) is 3. The zero-order valence-corrected chi connectivity index (χ0v) is 10.8. The number of aliphatic hydroxyl groups is 1. The van der Waals surface area contributed by atoms with Crippen molar-refractivity contribution in [2.45, 2.75) is 18.9 Å². The molecule has 4 heteroatoms. The van der Waals surface area contributed by atoms with Gasteiger partial charge in [-0.15, -0.1) is 0 Å². The van der Waals surface area contributed by atoms with Crippen LogP contribution in [0.5, 0.6) is 0 Å². The number of rotatable bonds is 2. The summed E-state index contributed by atoms with van der Waals surface area (Å²) in [6.45, 7) is 1.18. The third kappa shape index (κ3) is 1.93. The van der Waals surface area contributed by atoms with Crippen molar-refractivity contribution in [3.63, 3.8) is 0 Å². The van der Waals surface area contributed by atoms with Gasteiger partial charge in [0.15, 0.2) is 0 Å². The first-order valence-corrected chi connectivity index (χ1v) is 6.59. The molecule has 1 aromatic heterocycles.